The molecule has 0 amide bonds. The molecule has 2 aromatic heterocycles. The van der Waals surface area contributed by atoms with Crippen LogP contribution in [0.3, 0.4) is 0 Å². The maximum Gasteiger partial charge on any atom is 0.0270 e. The Kier molecular flexibility index (Phi) is 2.88. The molecule has 0 saturated heterocycles. The van der Waals surface area contributed by atoms with Gasteiger partial charge in [-0.05, 0) is 46.7 Å². The molecule has 84 valence electrons. The molecule has 0 unspecified atom stereocenters. The Bertz CT molecular complexity index is 613. The van der Waals surface area contributed by atoms with E-state index in [1.807, 2.05) is 23.7 Å². The normalized spacial score (nSPS) is 10.8. The van der Waals surface area contributed by atoms with E-state index in [1.165, 1.54) is 21.2 Å². The number of aryl methyl sites for hydroxylation is 2. The molecular weight excluding hydrogens is 226 g/mol. The molecule has 1 aromatic carbocycles. The summed E-state index contributed by atoms with van der Waals surface area (Å²) in [6.07, 6.45) is 5.93. The van der Waals surface area contributed by atoms with Gasteiger partial charge in [-0.25, -0.2) is 0 Å². The molecule has 17 heavy (non-hydrogen) atoms. The van der Waals surface area contributed by atoms with Crippen molar-refractivity contribution in [2.45, 2.75) is 12.8 Å². The van der Waals surface area contributed by atoms with E-state index in [9.17, 15) is 0 Å². The summed E-state index contributed by atoms with van der Waals surface area (Å²) >= 11 is 1.87. The zero-order valence-corrected chi connectivity index (χ0v) is 10.3. The molecule has 0 aliphatic heterocycles. The predicted molar refractivity (Wildman–Crippen MR) is 73.5 cm³/mol. The van der Waals surface area contributed by atoms with Gasteiger partial charge in [0.25, 0.3) is 0 Å². The van der Waals surface area contributed by atoms with Gasteiger partial charge in [0.15, 0.2) is 0 Å². The summed E-state index contributed by atoms with van der Waals surface area (Å²) in [5.41, 5.74) is 1.36. The Labute approximate surface area is 105 Å². The first-order valence-electron chi connectivity index (χ1n) is 5.77. The van der Waals surface area contributed by atoms with Gasteiger partial charge in [-0.3, -0.25) is 4.98 Å². The topological polar surface area (TPSA) is 12.9 Å². The van der Waals surface area contributed by atoms with Gasteiger partial charge in [-0.1, -0.05) is 24.3 Å². The number of aromatic nitrogens is 1. The van der Waals surface area contributed by atoms with Gasteiger partial charge in [-0.2, -0.15) is 0 Å². The van der Waals surface area contributed by atoms with Crippen LogP contribution in [0.25, 0.3) is 10.8 Å². The lowest BCUT2D eigenvalue weighted by Crippen LogP contribution is -1.89. The number of benzene rings is 1. The number of thiophene rings is 1. The van der Waals surface area contributed by atoms with Gasteiger partial charge in [0.05, 0.1) is 0 Å². The summed E-state index contributed by atoms with van der Waals surface area (Å²) < 4.78 is 0. The van der Waals surface area contributed by atoms with Crippen molar-refractivity contribution in [1.29, 1.82) is 0 Å². The summed E-state index contributed by atoms with van der Waals surface area (Å²) in [7, 11) is 0. The summed E-state index contributed by atoms with van der Waals surface area (Å²) in [5.74, 6) is 0. The van der Waals surface area contributed by atoms with Crippen LogP contribution in [0.15, 0.2) is 54.2 Å². The van der Waals surface area contributed by atoms with Crippen LogP contribution in [-0.4, -0.2) is 4.98 Å². The monoisotopic (exact) mass is 239 g/mol. The molecule has 0 aliphatic rings. The highest BCUT2D eigenvalue weighted by molar-refractivity contribution is 7.11. The predicted octanol–water partition coefficient (Wildman–Crippen LogP) is 4.08. The van der Waals surface area contributed by atoms with Crippen molar-refractivity contribution >= 4 is 22.1 Å². The van der Waals surface area contributed by atoms with Crippen LogP contribution in [0.5, 0.6) is 0 Å². The zero-order chi connectivity index (χ0) is 11.5. The van der Waals surface area contributed by atoms with Crippen LogP contribution >= 0.6 is 11.3 Å². The second kappa shape index (κ2) is 4.68. The molecule has 0 saturated carbocycles. The van der Waals surface area contributed by atoms with Gasteiger partial charge in [0.1, 0.15) is 0 Å². The van der Waals surface area contributed by atoms with Crippen molar-refractivity contribution in [1.82, 2.24) is 4.98 Å². The lowest BCUT2D eigenvalue weighted by molar-refractivity contribution is 0.981. The smallest absolute Gasteiger partial charge is 0.0270 e. The molecule has 0 aliphatic carbocycles. The third-order valence-corrected chi connectivity index (χ3v) is 4.06. The molecule has 2 heteroatoms. The van der Waals surface area contributed by atoms with E-state index in [2.05, 4.69) is 46.8 Å². The average molecular weight is 239 g/mol. The zero-order valence-electron chi connectivity index (χ0n) is 9.47. The highest BCUT2D eigenvalue weighted by Gasteiger charge is 2.03. The van der Waals surface area contributed by atoms with E-state index in [-0.39, 0.29) is 0 Å². The summed E-state index contributed by atoms with van der Waals surface area (Å²) in [5, 5.41) is 5.02. The summed E-state index contributed by atoms with van der Waals surface area (Å²) in [4.78, 5) is 5.53. The van der Waals surface area contributed by atoms with Crippen LogP contribution in [0.1, 0.15) is 10.4 Å². The van der Waals surface area contributed by atoms with Gasteiger partial charge >= 0.3 is 0 Å². The van der Waals surface area contributed by atoms with Gasteiger partial charge in [0.2, 0.25) is 0 Å². The SMILES string of the molecule is c1ccc2c(CCc3ccncc3)scc2c1. The van der Waals surface area contributed by atoms with Crippen molar-refractivity contribution in [3.8, 4) is 0 Å². The number of hydrogen-bond acceptors (Lipinski definition) is 2. The fraction of sp³-hybridized carbons (Fsp3) is 0.133. The minimum Gasteiger partial charge on any atom is -0.265 e. The van der Waals surface area contributed by atoms with E-state index < -0.39 is 0 Å². The lowest BCUT2D eigenvalue weighted by atomic mass is 10.1. The second-order valence-electron chi connectivity index (χ2n) is 4.10. The molecule has 0 spiro atoms. The molecule has 3 rings (SSSR count). The number of fused-ring (bicyclic) bond motifs is 1. The fourth-order valence-electron chi connectivity index (χ4n) is 2.05. The molecular formula is C15H13NS. The second-order valence-corrected chi connectivity index (χ2v) is 5.07. The lowest BCUT2D eigenvalue weighted by Gasteiger charge is -2.00. The summed E-state index contributed by atoms with van der Waals surface area (Å²) in [6, 6.07) is 12.8. The molecule has 0 fully saturated rings. The fourth-order valence-corrected chi connectivity index (χ4v) is 3.06. The van der Waals surface area contributed by atoms with Crippen LogP contribution in [0.2, 0.25) is 0 Å². The van der Waals surface area contributed by atoms with Crippen LogP contribution in [0, 0.1) is 0 Å². The Morgan fingerprint density at radius 2 is 1.76 bits per heavy atom. The minimum absolute atomic E-state index is 1.09. The third-order valence-electron chi connectivity index (χ3n) is 2.98. The van der Waals surface area contributed by atoms with Crippen molar-refractivity contribution in [2.75, 3.05) is 0 Å². The maximum absolute atomic E-state index is 4.04. The molecule has 0 radical (unpaired) electrons. The molecule has 0 bridgehead atoms. The van der Waals surface area contributed by atoms with E-state index in [1.54, 1.807) is 0 Å². The average Bonchev–Trinajstić information content (AvgIpc) is 2.81. The molecule has 3 aromatic rings. The van der Waals surface area contributed by atoms with E-state index in [0.29, 0.717) is 0 Å². The van der Waals surface area contributed by atoms with Gasteiger partial charge < -0.3 is 0 Å². The van der Waals surface area contributed by atoms with E-state index >= 15 is 0 Å². The number of nitrogens with zero attached hydrogens (tertiary/aromatic N) is 1. The number of hydrogen-bond donors (Lipinski definition) is 0. The minimum atomic E-state index is 1.09. The molecule has 0 atom stereocenters. The van der Waals surface area contributed by atoms with Crippen LogP contribution < -0.4 is 0 Å². The largest absolute Gasteiger partial charge is 0.265 e. The van der Waals surface area contributed by atoms with E-state index in [4.69, 9.17) is 0 Å². The number of rotatable bonds is 3. The number of pyridine rings is 1. The highest BCUT2D eigenvalue weighted by atomic mass is 32.1. The van der Waals surface area contributed by atoms with Gasteiger partial charge in [0, 0.05) is 17.3 Å². The van der Waals surface area contributed by atoms with Crippen LogP contribution in [-0.2, 0) is 12.8 Å². The summed E-state index contributed by atoms with van der Waals surface area (Å²) in [6.45, 7) is 0. The molecule has 1 nitrogen and oxygen atoms in total. The van der Waals surface area contributed by atoms with Crippen molar-refractivity contribution in [3.05, 3.63) is 64.6 Å². The Hall–Kier alpha value is -1.67. The maximum atomic E-state index is 4.04. The van der Waals surface area contributed by atoms with Crippen molar-refractivity contribution < 1.29 is 0 Å². The first-order chi connectivity index (χ1) is 8.43. The molecule has 0 N–H and O–H groups in total. The molecule has 2 heterocycles. The third kappa shape index (κ3) is 2.22. The van der Waals surface area contributed by atoms with Gasteiger partial charge in [-0.15, -0.1) is 11.3 Å². The van der Waals surface area contributed by atoms with E-state index in [0.717, 1.165) is 12.8 Å². The Balaban J connectivity index is 1.82. The standard InChI is InChI=1S/C15H13NS/c1-2-4-14-13(3-1)11-17-15(14)6-5-12-7-9-16-10-8-12/h1-4,7-11H,5-6H2. The van der Waals surface area contributed by atoms with Crippen molar-refractivity contribution in [2.24, 2.45) is 0 Å². The van der Waals surface area contributed by atoms with Crippen LogP contribution in [0.4, 0.5) is 0 Å². The first-order valence-corrected chi connectivity index (χ1v) is 6.65. The Morgan fingerprint density at radius 3 is 2.65 bits per heavy atom. The quantitative estimate of drug-likeness (QED) is 0.671. The van der Waals surface area contributed by atoms with Crippen molar-refractivity contribution in [3.63, 3.8) is 0 Å². The highest BCUT2D eigenvalue weighted by Crippen LogP contribution is 2.26. The Morgan fingerprint density at radius 1 is 0.941 bits per heavy atom. The first kappa shape index (κ1) is 10.5.